The minimum absolute atomic E-state index is 0.107. The van der Waals surface area contributed by atoms with Gasteiger partial charge in [-0.3, -0.25) is 4.79 Å². The van der Waals surface area contributed by atoms with Gasteiger partial charge in [0.1, 0.15) is 17.7 Å². The van der Waals surface area contributed by atoms with Crippen LogP contribution >= 0.6 is 0 Å². The highest BCUT2D eigenvalue weighted by atomic mass is 16.4. The van der Waals surface area contributed by atoms with Gasteiger partial charge in [-0.25, -0.2) is 15.0 Å². The molecule has 2 rings (SSSR count). The molecule has 2 aromatic rings. The molecule has 0 amide bonds. The van der Waals surface area contributed by atoms with Crippen LogP contribution in [0.1, 0.15) is 26.1 Å². The highest BCUT2D eigenvalue weighted by Gasteiger charge is 2.23. The summed E-state index contributed by atoms with van der Waals surface area (Å²) in [6.45, 7) is 3.81. The summed E-state index contributed by atoms with van der Waals surface area (Å²) in [5, 5.41) is 8.81. The number of carbonyl (C=O) groups is 1. The average Bonchev–Trinajstić information content (AvgIpc) is 2.55. The van der Waals surface area contributed by atoms with E-state index in [0.717, 1.165) is 11.3 Å². The molecule has 0 aromatic carbocycles. The summed E-state index contributed by atoms with van der Waals surface area (Å²) in [4.78, 5) is 26.0. The number of nitrogens with zero attached hydrogens (tertiary/aromatic N) is 3. The third-order valence-corrected chi connectivity index (χ3v) is 2.49. The number of hydrogen-bond donors (Lipinski definition) is 2. The molecule has 2 N–H and O–H groups in total. The Balaban J connectivity index is 2.20. The second kappa shape index (κ2) is 4.12. The lowest BCUT2D eigenvalue weighted by atomic mass is 9.85. The Morgan fingerprint density at radius 1 is 1.53 bits per heavy atom. The Bertz CT molecular complexity index is 514. The van der Waals surface area contributed by atoms with Crippen LogP contribution in [0, 0.1) is 5.41 Å². The van der Waals surface area contributed by atoms with Crippen LogP contribution in [0.4, 0.5) is 0 Å². The Morgan fingerprint density at radius 3 is 2.94 bits per heavy atom. The molecule has 6 nitrogen and oxygen atoms in total. The summed E-state index contributed by atoms with van der Waals surface area (Å²) in [6.07, 6.45) is 3.77. The minimum Gasteiger partial charge on any atom is -0.481 e. The van der Waals surface area contributed by atoms with E-state index < -0.39 is 5.97 Å². The van der Waals surface area contributed by atoms with Crippen molar-refractivity contribution in [1.82, 2.24) is 19.9 Å². The van der Waals surface area contributed by atoms with Crippen molar-refractivity contribution in [1.29, 1.82) is 0 Å². The van der Waals surface area contributed by atoms with Crippen molar-refractivity contribution >= 4 is 17.1 Å². The first-order valence-electron chi connectivity index (χ1n) is 5.33. The molecule has 0 aliphatic heterocycles. The van der Waals surface area contributed by atoms with Gasteiger partial charge in [-0.05, 0) is 5.41 Å². The topological polar surface area (TPSA) is 91.8 Å². The minimum atomic E-state index is -0.800. The molecule has 0 aliphatic rings. The Labute approximate surface area is 98.1 Å². The summed E-state index contributed by atoms with van der Waals surface area (Å²) >= 11 is 0. The third kappa shape index (κ3) is 2.77. The number of nitrogens with one attached hydrogen (secondary N) is 1. The molecule has 2 heterocycles. The quantitative estimate of drug-likeness (QED) is 0.834. The zero-order chi connectivity index (χ0) is 12.5. The lowest BCUT2D eigenvalue weighted by Crippen LogP contribution is -2.20. The fourth-order valence-electron chi connectivity index (χ4n) is 1.82. The molecule has 0 bridgehead atoms. The van der Waals surface area contributed by atoms with Crippen LogP contribution < -0.4 is 0 Å². The van der Waals surface area contributed by atoms with Crippen molar-refractivity contribution in [3.8, 4) is 0 Å². The van der Waals surface area contributed by atoms with E-state index >= 15 is 0 Å². The van der Waals surface area contributed by atoms with Gasteiger partial charge >= 0.3 is 5.97 Å². The van der Waals surface area contributed by atoms with Crippen LogP contribution in [0.25, 0.3) is 11.2 Å². The number of hydrogen-bond acceptors (Lipinski definition) is 4. The molecule has 6 heteroatoms. The number of rotatable bonds is 4. The van der Waals surface area contributed by atoms with Gasteiger partial charge in [-0.1, -0.05) is 13.8 Å². The van der Waals surface area contributed by atoms with Crippen molar-refractivity contribution < 1.29 is 9.90 Å². The molecule has 0 spiro atoms. The van der Waals surface area contributed by atoms with Crippen LogP contribution in [0.15, 0.2) is 12.5 Å². The molecule has 2 aromatic heterocycles. The Hall–Kier alpha value is -1.98. The normalized spacial score (nSPS) is 11.9. The number of H-pyrrole nitrogens is 1. The van der Waals surface area contributed by atoms with Gasteiger partial charge in [0.15, 0.2) is 5.65 Å². The fraction of sp³-hybridized carbons (Fsp3) is 0.455. The molecular formula is C11H14N4O2. The van der Waals surface area contributed by atoms with Gasteiger partial charge in [0.25, 0.3) is 0 Å². The second-order valence-electron chi connectivity index (χ2n) is 4.86. The zero-order valence-corrected chi connectivity index (χ0v) is 9.77. The molecule has 0 atom stereocenters. The lowest BCUT2D eigenvalue weighted by Gasteiger charge is -2.20. The van der Waals surface area contributed by atoms with Crippen molar-refractivity contribution in [2.45, 2.75) is 26.7 Å². The van der Waals surface area contributed by atoms with Gasteiger partial charge in [-0.15, -0.1) is 0 Å². The maximum atomic E-state index is 10.7. The molecular weight excluding hydrogens is 220 g/mol. The molecule has 0 radical (unpaired) electrons. The molecule has 90 valence electrons. The summed E-state index contributed by atoms with van der Waals surface area (Å²) in [5.74, 6) is -0.0577. The number of aromatic nitrogens is 4. The second-order valence-corrected chi connectivity index (χ2v) is 4.86. The number of fused-ring (bicyclic) bond motifs is 1. The van der Waals surface area contributed by atoms with Gasteiger partial charge in [-0.2, -0.15) is 0 Å². The standard InChI is InChI=1S/C11H14N4O2/c1-11(2,4-9(16)17)3-8-14-7-5-12-6-13-10(7)15-8/h5-6H,3-4H2,1-2H3,(H,16,17)(H,12,13,14,15). The first-order valence-corrected chi connectivity index (χ1v) is 5.33. The maximum Gasteiger partial charge on any atom is 0.303 e. The zero-order valence-electron chi connectivity index (χ0n) is 9.77. The molecule has 0 saturated carbocycles. The van der Waals surface area contributed by atoms with E-state index in [1.165, 1.54) is 6.33 Å². The first kappa shape index (κ1) is 11.5. The predicted molar refractivity (Wildman–Crippen MR) is 61.4 cm³/mol. The summed E-state index contributed by atoms with van der Waals surface area (Å²) in [7, 11) is 0. The van der Waals surface area contributed by atoms with Gasteiger partial charge in [0, 0.05) is 6.42 Å². The monoisotopic (exact) mass is 234 g/mol. The largest absolute Gasteiger partial charge is 0.481 e. The van der Waals surface area contributed by atoms with Crippen LogP contribution in [0.5, 0.6) is 0 Å². The molecule has 0 unspecified atom stereocenters. The van der Waals surface area contributed by atoms with Crippen LogP contribution in [0.2, 0.25) is 0 Å². The highest BCUT2D eigenvalue weighted by Crippen LogP contribution is 2.25. The van der Waals surface area contributed by atoms with E-state index in [4.69, 9.17) is 5.11 Å². The van der Waals surface area contributed by atoms with E-state index in [0.29, 0.717) is 12.1 Å². The van der Waals surface area contributed by atoms with Crippen LogP contribution in [-0.2, 0) is 11.2 Å². The number of carboxylic acids is 1. The average molecular weight is 234 g/mol. The first-order chi connectivity index (χ1) is 7.96. The van der Waals surface area contributed by atoms with Crippen LogP contribution in [-0.4, -0.2) is 31.0 Å². The summed E-state index contributed by atoms with van der Waals surface area (Å²) in [5.41, 5.74) is 1.04. The van der Waals surface area contributed by atoms with E-state index in [2.05, 4.69) is 19.9 Å². The number of imidazole rings is 1. The van der Waals surface area contributed by atoms with Gasteiger partial charge in [0.05, 0.1) is 12.6 Å². The summed E-state index contributed by atoms with van der Waals surface area (Å²) in [6, 6.07) is 0. The molecule has 17 heavy (non-hydrogen) atoms. The molecule has 0 aliphatic carbocycles. The fourth-order valence-corrected chi connectivity index (χ4v) is 1.82. The maximum absolute atomic E-state index is 10.7. The Kier molecular flexibility index (Phi) is 2.79. The van der Waals surface area contributed by atoms with Crippen molar-refractivity contribution in [2.75, 3.05) is 0 Å². The number of aliphatic carboxylic acids is 1. The smallest absolute Gasteiger partial charge is 0.303 e. The number of aromatic amines is 1. The molecule has 0 saturated heterocycles. The van der Waals surface area contributed by atoms with E-state index in [9.17, 15) is 4.79 Å². The van der Waals surface area contributed by atoms with Gasteiger partial charge < -0.3 is 10.1 Å². The lowest BCUT2D eigenvalue weighted by molar-refractivity contribution is -0.139. The number of carboxylic acid groups (broad SMARTS) is 1. The highest BCUT2D eigenvalue weighted by molar-refractivity contribution is 5.69. The van der Waals surface area contributed by atoms with Crippen molar-refractivity contribution in [2.24, 2.45) is 5.41 Å². The van der Waals surface area contributed by atoms with E-state index in [1.807, 2.05) is 13.8 Å². The van der Waals surface area contributed by atoms with E-state index in [1.54, 1.807) is 6.20 Å². The van der Waals surface area contributed by atoms with Gasteiger partial charge in [0.2, 0.25) is 0 Å². The Morgan fingerprint density at radius 2 is 2.29 bits per heavy atom. The van der Waals surface area contributed by atoms with Crippen molar-refractivity contribution in [3.05, 3.63) is 18.3 Å². The molecule has 0 fully saturated rings. The SMILES string of the molecule is CC(C)(CC(=O)O)Cc1nc2ncncc2[nH]1. The van der Waals surface area contributed by atoms with E-state index in [-0.39, 0.29) is 11.8 Å². The van der Waals surface area contributed by atoms with Crippen LogP contribution in [0.3, 0.4) is 0 Å². The predicted octanol–water partition coefficient (Wildman–Crippen LogP) is 1.40. The summed E-state index contributed by atoms with van der Waals surface area (Å²) < 4.78 is 0. The van der Waals surface area contributed by atoms with Crippen molar-refractivity contribution in [3.63, 3.8) is 0 Å². The third-order valence-electron chi connectivity index (χ3n) is 2.49.